The van der Waals surface area contributed by atoms with Crippen molar-refractivity contribution in [1.82, 2.24) is 9.88 Å². The van der Waals surface area contributed by atoms with Crippen LogP contribution < -0.4 is 4.74 Å². The number of aromatic nitrogens is 1. The molecule has 2 heterocycles. The van der Waals surface area contributed by atoms with Crippen LogP contribution in [0.1, 0.15) is 36.6 Å². The van der Waals surface area contributed by atoms with Gasteiger partial charge in [-0.2, -0.15) is 0 Å². The maximum atomic E-state index is 15.4. The number of halogens is 2. The fraction of sp³-hybridized carbons (Fsp3) is 0.357. The molecule has 0 spiro atoms. The first-order chi connectivity index (χ1) is 17.0. The lowest BCUT2D eigenvalue weighted by molar-refractivity contribution is -0.146. The van der Waals surface area contributed by atoms with Crippen LogP contribution >= 0.6 is 11.6 Å². The fourth-order valence-corrected chi connectivity index (χ4v) is 4.89. The summed E-state index contributed by atoms with van der Waals surface area (Å²) in [5.41, 5.74) is 2.03. The molecule has 1 saturated heterocycles. The molecule has 0 radical (unpaired) electrons. The highest BCUT2D eigenvalue weighted by Crippen LogP contribution is 2.35. The number of hydrogen-bond donors (Lipinski definition) is 1. The molecule has 1 aliphatic heterocycles. The molecule has 3 atom stereocenters. The topological polar surface area (TPSA) is 62.7 Å². The highest BCUT2D eigenvalue weighted by atomic mass is 35.5. The Hall–Kier alpha value is -3.14. The van der Waals surface area contributed by atoms with Crippen LogP contribution in [0.5, 0.6) is 5.75 Å². The molecular weight excluding hydrogens is 467 g/mol. The Bertz CT molecular complexity index is 1260. The first kappa shape index (κ1) is 25.0. The molecule has 3 aromatic rings. The third-order valence-electron chi connectivity index (χ3n) is 6.67. The van der Waals surface area contributed by atoms with Crippen molar-refractivity contribution in [3.63, 3.8) is 0 Å². The molecule has 0 amide bonds. The number of rotatable bonds is 7. The van der Waals surface area contributed by atoms with E-state index in [1.165, 1.54) is 0 Å². The largest absolute Gasteiger partial charge is 0.497 e. The molecule has 4 rings (SSSR count). The number of aliphatic carboxylic acids is 1. The predicted octanol–water partition coefficient (Wildman–Crippen LogP) is 5.76. The van der Waals surface area contributed by atoms with E-state index >= 15 is 4.39 Å². The van der Waals surface area contributed by atoms with Crippen molar-refractivity contribution < 1.29 is 19.0 Å². The van der Waals surface area contributed by atoms with Crippen LogP contribution in [-0.4, -0.2) is 47.7 Å². The van der Waals surface area contributed by atoms with Crippen molar-refractivity contribution in [3.8, 4) is 17.6 Å². The van der Waals surface area contributed by atoms with Crippen LogP contribution in [-0.2, 0) is 4.79 Å². The lowest BCUT2D eigenvalue weighted by Gasteiger charge is -2.35. The van der Waals surface area contributed by atoms with Crippen molar-refractivity contribution >= 4 is 28.5 Å². The van der Waals surface area contributed by atoms with Crippen molar-refractivity contribution in [2.45, 2.75) is 25.4 Å². The molecule has 1 fully saturated rings. The summed E-state index contributed by atoms with van der Waals surface area (Å²) < 4.78 is 20.7. The summed E-state index contributed by atoms with van der Waals surface area (Å²) in [6.45, 7) is 1.61. The number of pyridine rings is 1. The van der Waals surface area contributed by atoms with Crippen molar-refractivity contribution in [1.29, 1.82) is 0 Å². The first-order valence-corrected chi connectivity index (χ1v) is 12.1. The molecule has 182 valence electrons. The molecule has 2 aromatic carbocycles. The summed E-state index contributed by atoms with van der Waals surface area (Å²) in [7, 11) is 1.57. The van der Waals surface area contributed by atoms with E-state index in [1.807, 2.05) is 24.3 Å². The van der Waals surface area contributed by atoms with Gasteiger partial charge in [0.05, 0.1) is 30.1 Å². The highest BCUT2D eigenvalue weighted by molar-refractivity contribution is 6.31. The molecule has 35 heavy (non-hydrogen) atoms. The Balaban J connectivity index is 1.38. The third kappa shape index (κ3) is 6.11. The van der Waals surface area contributed by atoms with Gasteiger partial charge in [-0.3, -0.25) is 14.7 Å². The second-order valence-electron chi connectivity index (χ2n) is 8.84. The van der Waals surface area contributed by atoms with Crippen LogP contribution in [0.3, 0.4) is 0 Å². The number of ether oxygens (including phenoxy) is 1. The Morgan fingerprint density at radius 1 is 1.31 bits per heavy atom. The van der Waals surface area contributed by atoms with Crippen LogP contribution in [0, 0.1) is 23.7 Å². The van der Waals surface area contributed by atoms with Gasteiger partial charge in [-0.15, -0.1) is 0 Å². The Labute approximate surface area is 209 Å². The van der Waals surface area contributed by atoms with Gasteiger partial charge in [0.2, 0.25) is 0 Å². The van der Waals surface area contributed by atoms with Crippen molar-refractivity contribution in [2.75, 3.05) is 26.7 Å². The van der Waals surface area contributed by atoms with Gasteiger partial charge >= 0.3 is 5.97 Å². The Kier molecular flexibility index (Phi) is 8.22. The fourth-order valence-electron chi connectivity index (χ4n) is 4.71. The molecule has 0 saturated carbocycles. The minimum Gasteiger partial charge on any atom is -0.497 e. The van der Waals surface area contributed by atoms with E-state index in [0.29, 0.717) is 47.8 Å². The zero-order valence-corrected chi connectivity index (χ0v) is 20.3. The zero-order valence-electron chi connectivity index (χ0n) is 19.6. The van der Waals surface area contributed by atoms with E-state index < -0.39 is 18.1 Å². The highest BCUT2D eigenvalue weighted by Gasteiger charge is 2.34. The number of hydrogen-bond acceptors (Lipinski definition) is 4. The molecule has 0 unspecified atom stereocenters. The van der Waals surface area contributed by atoms with Gasteiger partial charge in [0.15, 0.2) is 0 Å². The first-order valence-electron chi connectivity index (χ1n) is 11.7. The average Bonchev–Trinajstić information content (AvgIpc) is 2.88. The number of likely N-dealkylation sites (tertiary alicyclic amines) is 1. The van der Waals surface area contributed by atoms with Crippen LogP contribution in [0.25, 0.3) is 10.9 Å². The summed E-state index contributed by atoms with van der Waals surface area (Å²) >= 11 is 6.15. The third-order valence-corrected chi connectivity index (χ3v) is 7.00. The van der Waals surface area contributed by atoms with Crippen LogP contribution in [0.2, 0.25) is 5.02 Å². The normalized spacial score (nSPS) is 19.1. The van der Waals surface area contributed by atoms with Crippen LogP contribution in [0.4, 0.5) is 4.39 Å². The van der Waals surface area contributed by atoms with E-state index in [4.69, 9.17) is 16.3 Å². The summed E-state index contributed by atoms with van der Waals surface area (Å²) in [5, 5.41) is 11.2. The molecule has 7 heteroatoms. The second-order valence-corrected chi connectivity index (χ2v) is 9.25. The monoisotopic (exact) mass is 494 g/mol. The summed E-state index contributed by atoms with van der Waals surface area (Å²) in [6, 6.07) is 14.5. The maximum Gasteiger partial charge on any atom is 0.308 e. The second kappa shape index (κ2) is 11.5. The predicted molar refractivity (Wildman–Crippen MR) is 135 cm³/mol. The number of fused-ring (bicyclic) bond motifs is 1. The van der Waals surface area contributed by atoms with Gasteiger partial charge < -0.3 is 9.84 Å². The van der Waals surface area contributed by atoms with Crippen LogP contribution in [0.15, 0.2) is 54.7 Å². The minimum absolute atomic E-state index is 0.0823. The number of benzene rings is 2. The van der Waals surface area contributed by atoms with E-state index in [9.17, 15) is 9.90 Å². The average molecular weight is 495 g/mol. The zero-order chi connectivity index (χ0) is 24.8. The molecule has 1 aliphatic rings. The van der Waals surface area contributed by atoms with Gasteiger partial charge in [-0.25, -0.2) is 4.39 Å². The summed E-state index contributed by atoms with van der Waals surface area (Å²) in [6.07, 6.45) is 1.87. The lowest BCUT2D eigenvalue weighted by atomic mass is 9.81. The lowest BCUT2D eigenvalue weighted by Crippen LogP contribution is -2.44. The van der Waals surface area contributed by atoms with E-state index in [1.54, 1.807) is 37.6 Å². The summed E-state index contributed by atoms with van der Waals surface area (Å²) in [5.74, 6) is 5.35. The van der Waals surface area contributed by atoms with E-state index in [0.717, 1.165) is 17.5 Å². The van der Waals surface area contributed by atoms with Gasteiger partial charge in [0.1, 0.15) is 11.9 Å². The Morgan fingerprint density at radius 2 is 2.14 bits per heavy atom. The minimum atomic E-state index is -1.21. The van der Waals surface area contributed by atoms with Crippen molar-refractivity contribution in [2.24, 2.45) is 11.8 Å². The smallest absolute Gasteiger partial charge is 0.308 e. The number of alkyl halides is 1. The molecule has 1 N–H and O–H groups in total. The standard InChI is InChI=1S/C28H28ClFN2O3/c1-35-21-9-11-27-23(17-21)22(12-14-31-27)26(30)10-8-19-13-16-32(18-24(19)28(33)34)15-4-6-20-5-2-3-7-25(20)29/h2-3,5,7,9,11-12,14,17,19,24,26H,8,10,13,15-16,18H2,1H3,(H,33,34)/t19-,24+,26-/m1/s1. The van der Waals surface area contributed by atoms with Gasteiger partial charge in [0, 0.05) is 23.7 Å². The van der Waals surface area contributed by atoms with Gasteiger partial charge in [-0.05, 0) is 73.7 Å². The molecule has 0 bridgehead atoms. The molecule has 0 aliphatic carbocycles. The molecule has 5 nitrogen and oxygen atoms in total. The number of piperidine rings is 1. The quantitative estimate of drug-likeness (QED) is 0.423. The number of methoxy groups -OCH3 is 1. The van der Waals surface area contributed by atoms with Crippen molar-refractivity contribution in [3.05, 3.63) is 70.9 Å². The Morgan fingerprint density at radius 3 is 2.91 bits per heavy atom. The van der Waals surface area contributed by atoms with E-state index in [2.05, 4.69) is 21.7 Å². The molecular formula is C28H28ClFN2O3. The SMILES string of the molecule is COc1ccc2nccc([C@H](F)CC[C@@H]3CCN(CC#Cc4ccccc4Cl)C[C@@H]3C(=O)O)c2c1. The number of carbonyl (C=O) groups is 1. The van der Waals surface area contributed by atoms with E-state index in [-0.39, 0.29) is 12.3 Å². The maximum absolute atomic E-state index is 15.4. The van der Waals surface area contributed by atoms with Gasteiger partial charge in [0.25, 0.3) is 0 Å². The number of carboxylic acid groups (broad SMARTS) is 1. The molecule has 1 aromatic heterocycles. The number of nitrogens with zero attached hydrogens (tertiary/aromatic N) is 2. The van der Waals surface area contributed by atoms with Gasteiger partial charge in [-0.1, -0.05) is 35.6 Å². The number of carboxylic acids is 1. The summed E-state index contributed by atoms with van der Waals surface area (Å²) in [4.78, 5) is 18.4.